The molecule has 2 heterocycles. The second-order valence-corrected chi connectivity index (χ2v) is 7.35. The van der Waals surface area contributed by atoms with Crippen molar-refractivity contribution < 1.29 is 23.8 Å². The summed E-state index contributed by atoms with van der Waals surface area (Å²) in [5, 5.41) is 11.7. The fourth-order valence-corrected chi connectivity index (χ4v) is 3.77. The Morgan fingerprint density at radius 1 is 1.10 bits per heavy atom. The van der Waals surface area contributed by atoms with E-state index < -0.39 is 17.7 Å². The van der Waals surface area contributed by atoms with Gasteiger partial charge in [-0.25, -0.2) is 0 Å². The van der Waals surface area contributed by atoms with E-state index >= 15 is 0 Å². The van der Waals surface area contributed by atoms with E-state index in [1.165, 1.54) is 24.3 Å². The highest BCUT2D eigenvalue weighted by Gasteiger charge is 2.48. The van der Waals surface area contributed by atoms with Crippen molar-refractivity contribution in [3.63, 3.8) is 0 Å². The Kier molecular flexibility index (Phi) is 5.28. The normalized spacial score (nSPS) is 18.1. The van der Waals surface area contributed by atoms with E-state index in [2.05, 4.69) is 0 Å². The third-order valence-electron chi connectivity index (χ3n) is 4.79. The summed E-state index contributed by atoms with van der Waals surface area (Å²) in [7, 11) is 1.47. The van der Waals surface area contributed by atoms with Gasteiger partial charge in [-0.05, 0) is 54.6 Å². The van der Waals surface area contributed by atoms with Crippen LogP contribution in [0.4, 0.5) is 5.69 Å². The maximum atomic E-state index is 12.9. The van der Waals surface area contributed by atoms with Crippen LogP contribution in [0.1, 0.15) is 17.4 Å². The van der Waals surface area contributed by atoms with Crippen molar-refractivity contribution in [1.29, 1.82) is 0 Å². The predicted octanol–water partition coefficient (Wildman–Crippen LogP) is 5.22. The first-order chi connectivity index (χ1) is 14.4. The van der Waals surface area contributed by atoms with Gasteiger partial charge in [0.1, 0.15) is 23.3 Å². The molecule has 0 aliphatic carbocycles. The van der Waals surface area contributed by atoms with Gasteiger partial charge in [0.15, 0.2) is 0 Å². The number of halogens is 2. The number of ketones is 1. The van der Waals surface area contributed by atoms with E-state index in [0.717, 1.165) is 0 Å². The van der Waals surface area contributed by atoms with Crippen LogP contribution >= 0.6 is 23.2 Å². The smallest absolute Gasteiger partial charge is 0.300 e. The van der Waals surface area contributed by atoms with Crippen LogP contribution in [0, 0.1) is 0 Å². The number of carbonyl (C=O) groups excluding carboxylic acids is 2. The van der Waals surface area contributed by atoms with Gasteiger partial charge in [0.2, 0.25) is 0 Å². The third-order valence-corrected chi connectivity index (χ3v) is 5.33. The van der Waals surface area contributed by atoms with E-state index in [1.807, 2.05) is 0 Å². The summed E-state index contributed by atoms with van der Waals surface area (Å²) in [6.45, 7) is 0. The number of carbonyl (C=O) groups is 2. The summed E-state index contributed by atoms with van der Waals surface area (Å²) in [6, 6.07) is 13.4. The van der Waals surface area contributed by atoms with E-state index in [0.29, 0.717) is 22.2 Å². The van der Waals surface area contributed by atoms with Crippen molar-refractivity contribution in [3.8, 4) is 5.75 Å². The maximum Gasteiger partial charge on any atom is 0.300 e. The van der Waals surface area contributed by atoms with Gasteiger partial charge in [0.05, 0.1) is 24.0 Å². The Morgan fingerprint density at radius 2 is 1.83 bits per heavy atom. The Morgan fingerprint density at radius 3 is 2.43 bits per heavy atom. The lowest BCUT2D eigenvalue weighted by molar-refractivity contribution is -0.132. The number of aliphatic hydroxyl groups excluding tert-OH is 1. The molecule has 0 saturated carbocycles. The number of methoxy groups -OCH3 is 1. The molecule has 1 saturated heterocycles. The summed E-state index contributed by atoms with van der Waals surface area (Å²) in [5.41, 5.74) is 0.604. The SMILES string of the molecule is COc1ccc(/C(O)=C2/C(=O)C(=O)N(c3ccc(Cl)cc3)C2c2ccco2)cc1Cl. The molecular formula is C22H15Cl2NO5. The summed E-state index contributed by atoms with van der Waals surface area (Å²) in [6.07, 6.45) is 1.43. The standard InChI is InChI=1S/C22H15Cl2NO5/c1-29-16-9-4-12(11-15(16)24)20(26)18-19(17-3-2-10-30-17)25(22(28)21(18)27)14-7-5-13(23)6-8-14/h2-11,19,26H,1H3/b20-18-. The van der Waals surface area contributed by atoms with Crippen LogP contribution < -0.4 is 9.64 Å². The molecule has 1 aliphatic rings. The highest BCUT2D eigenvalue weighted by molar-refractivity contribution is 6.51. The first-order valence-electron chi connectivity index (χ1n) is 8.86. The van der Waals surface area contributed by atoms with Gasteiger partial charge in [-0.1, -0.05) is 23.2 Å². The lowest BCUT2D eigenvalue weighted by atomic mass is 9.99. The monoisotopic (exact) mass is 443 g/mol. The molecule has 1 amide bonds. The number of hydrogen-bond donors (Lipinski definition) is 1. The highest BCUT2D eigenvalue weighted by Crippen LogP contribution is 2.43. The van der Waals surface area contributed by atoms with Crippen LogP contribution in [0.25, 0.3) is 5.76 Å². The fraction of sp³-hybridized carbons (Fsp3) is 0.0909. The van der Waals surface area contributed by atoms with Crippen LogP contribution in [0.3, 0.4) is 0 Å². The van der Waals surface area contributed by atoms with Crippen molar-refractivity contribution >= 4 is 46.3 Å². The number of nitrogens with zero attached hydrogens (tertiary/aromatic N) is 1. The minimum atomic E-state index is -0.956. The molecule has 1 aliphatic heterocycles. The second kappa shape index (κ2) is 7.89. The number of ether oxygens (including phenoxy) is 1. The van der Waals surface area contributed by atoms with E-state index in [9.17, 15) is 14.7 Å². The molecule has 1 unspecified atom stereocenters. The minimum absolute atomic E-state index is 0.105. The van der Waals surface area contributed by atoms with Crippen LogP contribution in [-0.4, -0.2) is 23.9 Å². The van der Waals surface area contributed by atoms with Crippen molar-refractivity contribution in [2.45, 2.75) is 6.04 Å². The van der Waals surface area contributed by atoms with E-state index in [1.54, 1.807) is 48.5 Å². The molecule has 0 radical (unpaired) electrons. The largest absolute Gasteiger partial charge is 0.507 e. The Bertz CT molecular complexity index is 1150. The Balaban J connectivity index is 1.90. The van der Waals surface area contributed by atoms with Gasteiger partial charge in [0, 0.05) is 16.3 Å². The van der Waals surface area contributed by atoms with Crippen LogP contribution in [-0.2, 0) is 9.59 Å². The summed E-state index contributed by atoms with van der Waals surface area (Å²) in [5.74, 6) is -1.26. The third kappa shape index (κ3) is 3.34. The zero-order valence-corrected chi connectivity index (χ0v) is 17.1. The molecule has 0 bridgehead atoms. The number of furan rings is 1. The molecule has 1 N–H and O–H groups in total. The molecule has 2 aromatic carbocycles. The molecule has 1 aromatic heterocycles. The number of amides is 1. The van der Waals surface area contributed by atoms with Gasteiger partial charge in [0.25, 0.3) is 11.7 Å². The Hall–Kier alpha value is -3.22. The Labute approximate surface area is 181 Å². The molecule has 6 nitrogen and oxygen atoms in total. The number of hydrogen-bond acceptors (Lipinski definition) is 5. The molecule has 0 spiro atoms. The maximum absolute atomic E-state index is 12.9. The van der Waals surface area contributed by atoms with Gasteiger partial charge in [-0.15, -0.1) is 0 Å². The summed E-state index contributed by atoms with van der Waals surface area (Å²) < 4.78 is 10.6. The van der Waals surface area contributed by atoms with Crippen LogP contribution in [0.2, 0.25) is 10.0 Å². The van der Waals surface area contributed by atoms with E-state index in [4.69, 9.17) is 32.4 Å². The van der Waals surface area contributed by atoms with Gasteiger partial charge >= 0.3 is 0 Å². The number of anilines is 1. The fourth-order valence-electron chi connectivity index (χ4n) is 3.39. The zero-order chi connectivity index (χ0) is 21.4. The quantitative estimate of drug-likeness (QED) is 0.339. The lowest BCUT2D eigenvalue weighted by Crippen LogP contribution is -2.29. The van der Waals surface area contributed by atoms with Crippen molar-refractivity contribution in [1.82, 2.24) is 0 Å². The molecule has 1 fully saturated rings. The first kappa shape index (κ1) is 20.1. The zero-order valence-electron chi connectivity index (χ0n) is 15.6. The number of aliphatic hydroxyl groups is 1. The molecule has 152 valence electrons. The highest BCUT2D eigenvalue weighted by atomic mass is 35.5. The molecule has 8 heteroatoms. The number of rotatable bonds is 4. The van der Waals surface area contributed by atoms with E-state index in [-0.39, 0.29) is 21.9 Å². The number of Topliss-reactive ketones (excluding diaryl/α,β-unsaturated/α-hetero) is 1. The van der Waals surface area contributed by atoms with Gasteiger partial charge < -0.3 is 14.3 Å². The predicted molar refractivity (Wildman–Crippen MR) is 113 cm³/mol. The molecule has 4 rings (SSSR count). The van der Waals surface area contributed by atoms with Crippen LogP contribution in [0.15, 0.2) is 70.9 Å². The average molecular weight is 444 g/mol. The second-order valence-electron chi connectivity index (χ2n) is 6.51. The minimum Gasteiger partial charge on any atom is -0.507 e. The lowest BCUT2D eigenvalue weighted by Gasteiger charge is -2.23. The van der Waals surface area contributed by atoms with Gasteiger partial charge in [-0.3, -0.25) is 14.5 Å². The molecule has 1 atom stereocenters. The number of benzene rings is 2. The summed E-state index contributed by atoms with van der Waals surface area (Å²) in [4.78, 5) is 27.1. The van der Waals surface area contributed by atoms with Gasteiger partial charge in [-0.2, -0.15) is 0 Å². The first-order valence-corrected chi connectivity index (χ1v) is 9.62. The van der Waals surface area contributed by atoms with Crippen molar-refractivity contribution in [2.75, 3.05) is 12.0 Å². The average Bonchev–Trinajstić information content (AvgIpc) is 3.35. The molecule has 3 aromatic rings. The van der Waals surface area contributed by atoms with Crippen molar-refractivity contribution in [2.24, 2.45) is 0 Å². The van der Waals surface area contributed by atoms with Crippen LogP contribution in [0.5, 0.6) is 5.75 Å². The van der Waals surface area contributed by atoms with Crippen molar-refractivity contribution in [3.05, 3.63) is 87.8 Å². The topological polar surface area (TPSA) is 80.0 Å². The summed E-state index contributed by atoms with van der Waals surface area (Å²) >= 11 is 12.1. The molecular weight excluding hydrogens is 429 g/mol. The molecule has 30 heavy (non-hydrogen) atoms.